The Labute approximate surface area is 197 Å². The van der Waals surface area contributed by atoms with Crippen LogP contribution in [0.15, 0.2) is 11.6 Å². The fraction of sp³-hybridized carbons (Fsp3) is 0.885. The van der Waals surface area contributed by atoms with E-state index in [4.69, 9.17) is 8.85 Å². The van der Waals surface area contributed by atoms with Crippen molar-refractivity contribution < 1.29 is 18.0 Å². The van der Waals surface area contributed by atoms with Crippen LogP contribution in [0.2, 0.25) is 39.3 Å². The number of rotatable bonds is 4. The lowest BCUT2D eigenvalue weighted by atomic mass is 9.44. The Morgan fingerprint density at radius 1 is 0.938 bits per heavy atom. The Bertz CT molecular complexity index is 830. The van der Waals surface area contributed by atoms with Crippen LogP contribution in [0.25, 0.3) is 0 Å². The first kappa shape index (κ1) is 24.8. The highest BCUT2D eigenvalue weighted by Crippen LogP contribution is 2.71. The Hall–Kier alpha value is -0.306. The quantitative estimate of drug-likeness (QED) is 0.404. The van der Waals surface area contributed by atoms with Gasteiger partial charge in [0, 0.05) is 23.2 Å². The van der Waals surface area contributed by atoms with Gasteiger partial charge in [0.25, 0.3) is 0 Å². The number of carbonyl (C=O) groups excluding carboxylic acids is 1. The number of allylic oxidation sites excluding steroid dienone is 1. The van der Waals surface area contributed by atoms with Crippen molar-refractivity contribution in [1.82, 2.24) is 0 Å². The molecule has 182 valence electrons. The Morgan fingerprint density at radius 3 is 2.19 bits per heavy atom. The molecule has 4 aliphatic carbocycles. The second kappa shape index (κ2) is 7.35. The molecule has 4 rings (SSSR count). The first-order valence-corrected chi connectivity index (χ1v) is 19.6. The van der Waals surface area contributed by atoms with E-state index in [-0.39, 0.29) is 22.7 Å². The molecular weight excluding hydrogens is 435 g/mol. The molecule has 3 fully saturated rings. The number of fused-ring (bicyclic) bond motifs is 5. The molecule has 0 aromatic rings. The van der Waals surface area contributed by atoms with Gasteiger partial charge in [-0.25, -0.2) is 4.39 Å². The van der Waals surface area contributed by atoms with Gasteiger partial charge in [0.2, 0.25) is 0 Å². The number of carbonyl (C=O) groups is 1. The molecule has 7 atom stereocenters. The highest BCUT2D eigenvalue weighted by molar-refractivity contribution is 6.70. The number of halogens is 1. The Kier molecular flexibility index (Phi) is 5.70. The Morgan fingerprint density at radius 2 is 1.59 bits per heavy atom. The highest BCUT2D eigenvalue weighted by Gasteiger charge is 2.73. The van der Waals surface area contributed by atoms with Crippen molar-refractivity contribution in [3.05, 3.63) is 11.6 Å². The third-order valence-corrected chi connectivity index (χ3v) is 11.6. The van der Waals surface area contributed by atoms with Crippen molar-refractivity contribution in [1.29, 1.82) is 0 Å². The van der Waals surface area contributed by atoms with Gasteiger partial charge in [-0.15, -0.1) is 0 Å². The number of hydrogen-bond donors (Lipinski definition) is 0. The summed E-state index contributed by atoms with van der Waals surface area (Å²) >= 11 is 0. The van der Waals surface area contributed by atoms with E-state index in [2.05, 4.69) is 60.1 Å². The molecule has 0 bridgehead atoms. The number of hydrogen-bond acceptors (Lipinski definition) is 3. The van der Waals surface area contributed by atoms with Crippen molar-refractivity contribution >= 4 is 22.4 Å². The van der Waals surface area contributed by atoms with Gasteiger partial charge in [0.05, 0.1) is 11.7 Å². The standard InChI is InChI=1S/C26H45FO3Si2/c1-23-14-12-19(28)16-18(23)10-11-21-20-13-15-25(3,30-32(7,8)9)24(20,2)17-22(26(21,23)27)29-31(4,5)6/h16,20-22H,10-15,17H2,1-9H3/t20?,21?,22-,23?,24?,25-,26-/m0/s1. The molecule has 0 saturated heterocycles. The van der Waals surface area contributed by atoms with Gasteiger partial charge in [-0.05, 0) is 96.7 Å². The molecule has 3 nitrogen and oxygen atoms in total. The molecule has 0 spiro atoms. The minimum atomic E-state index is -2.00. The molecule has 32 heavy (non-hydrogen) atoms. The third-order valence-electron chi connectivity index (χ3n) is 9.58. The molecule has 4 aliphatic rings. The second-order valence-corrected chi connectivity index (χ2v) is 22.7. The highest BCUT2D eigenvalue weighted by atomic mass is 28.4. The lowest BCUT2D eigenvalue weighted by Gasteiger charge is -2.65. The molecule has 0 aromatic heterocycles. The fourth-order valence-corrected chi connectivity index (χ4v) is 10.9. The zero-order valence-corrected chi connectivity index (χ0v) is 23.9. The van der Waals surface area contributed by atoms with Gasteiger partial charge in [-0.1, -0.05) is 19.4 Å². The predicted molar refractivity (Wildman–Crippen MR) is 133 cm³/mol. The average molecular weight is 481 g/mol. The molecule has 6 heteroatoms. The predicted octanol–water partition coefficient (Wildman–Crippen LogP) is 7.05. The summed E-state index contributed by atoms with van der Waals surface area (Å²) < 4.78 is 31.7. The lowest BCUT2D eigenvalue weighted by molar-refractivity contribution is -0.218. The van der Waals surface area contributed by atoms with Gasteiger partial charge in [-0.2, -0.15) is 0 Å². The maximum Gasteiger partial charge on any atom is 0.184 e. The summed E-state index contributed by atoms with van der Waals surface area (Å²) in [5, 5.41) is 0. The Balaban J connectivity index is 1.83. The van der Waals surface area contributed by atoms with E-state index in [1.54, 1.807) is 6.08 Å². The van der Waals surface area contributed by atoms with E-state index in [0.29, 0.717) is 25.2 Å². The van der Waals surface area contributed by atoms with Gasteiger partial charge in [-0.3, -0.25) is 4.79 Å². The van der Waals surface area contributed by atoms with Crippen LogP contribution in [0, 0.1) is 22.7 Å². The van der Waals surface area contributed by atoms with Crippen LogP contribution in [0.5, 0.6) is 0 Å². The van der Waals surface area contributed by atoms with Crippen molar-refractivity contribution in [3.63, 3.8) is 0 Å². The molecule has 3 saturated carbocycles. The molecule has 0 aliphatic heterocycles. The van der Waals surface area contributed by atoms with Gasteiger partial charge in [0.1, 0.15) is 5.67 Å². The molecule has 0 aromatic carbocycles. The van der Waals surface area contributed by atoms with Crippen LogP contribution in [-0.4, -0.2) is 39.8 Å². The van der Waals surface area contributed by atoms with E-state index in [1.165, 1.54) is 0 Å². The maximum atomic E-state index is 18.0. The van der Waals surface area contributed by atoms with Crippen molar-refractivity contribution in [2.45, 2.75) is 122 Å². The van der Waals surface area contributed by atoms with Crippen LogP contribution < -0.4 is 0 Å². The molecule has 0 amide bonds. The van der Waals surface area contributed by atoms with E-state index < -0.39 is 33.8 Å². The zero-order chi connectivity index (χ0) is 24.0. The first-order chi connectivity index (χ1) is 14.5. The summed E-state index contributed by atoms with van der Waals surface area (Å²) in [4.78, 5) is 12.3. The largest absolute Gasteiger partial charge is 0.412 e. The second-order valence-electron chi connectivity index (χ2n) is 13.8. The van der Waals surface area contributed by atoms with Crippen LogP contribution >= 0.6 is 0 Å². The van der Waals surface area contributed by atoms with Gasteiger partial charge in [0.15, 0.2) is 22.4 Å². The molecule has 0 radical (unpaired) electrons. The number of ketones is 1. The van der Waals surface area contributed by atoms with Crippen molar-refractivity contribution in [2.24, 2.45) is 22.7 Å². The minimum Gasteiger partial charge on any atom is -0.412 e. The third kappa shape index (κ3) is 3.58. The van der Waals surface area contributed by atoms with Crippen LogP contribution in [-0.2, 0) is 13.6 Å². The lowest BCUT2D eigenvalue weighted by Crippen LogP contribution is -2.70. The topological polar surface area (TPSA) is 35.5 Å². The van der Waals surface area contributed by atoms with E-state index in [9.17, 15) is 4.79 Å². The summed E-state index contributed by atoms with van der Waals surface area (Å²) in [5.74, 6) is 0.427. The summed E-state index contributed by atoms with van der Waals surface area (Å²) in [6.07, 6.45) is 6.82. The van der Waals surface area contributed by atoms with E-state index >= 15 is 4.39 Å². The fourth-order valence-electron chi connectivity index (χ4n) is 8.13. The molecule has 4 unspecified atom stereocenters. The zero-order valence-electron chi connectivity index (χ0n) is 21.9. The summed E-state index contributed by atoms with van der Waals surface area (Å²) in [7, 11) is -3.77. The van der Waals surface area contributed by atoms with Crippen LogP contribution in [0.4, 0.5) is 4.39 Å². The molecule has 0 N–H and O–H groups in total. The van der Waals surface area contributed by atoms with Crippen LogP contribution in [0.3, 0.4) is 0 Å². The van der Waals surface area contributed by atoms with E-state index in [1.807, 2.05) is 0 Å². The van der Waals surface area contributed by atoms with Crippen molar-refractivity contribution in [2.75, 3.05) is 0 Å². The van der Waals surface area contributed by atoms with E-state index in [0.717, 1.165) is 31.3 Å². The summed E-state index contributed by atoms with van der Waals surface area (Å²) in [6.45, 7) is 20.1. The average Bonchev–Trinajstić information content (AvgIpc) is 2.85. The minimum absolute atomic E-state index is 0.0370. The van der Waals surface area contributed by atoms with Gasteiger partial charge < -0.3 is 8.85 Å². The molecule has 0 heterocycles. The first-order valence-electron chi connectivity index (χ1n) is 12.8. The SMILES string of the molecule is CC12C[C@H](O[Si](C)(C)C)[C@@]3(F)C(CCC4=CC(=O)CCC43C)C1CC[C@]2(C)O[Si](C)(C)C. The van der Waals surface area contributed by atoms with Crippen LogP contribution in [0.1, 0.15) is 65.7 Å². The summed E-state index contributed by atoms with van der Waals surface area (Å²) in [6, 6.07) is 0. The number of alkyl halides is 1. The normalized spacial score (nSPS) is 46.9. The molecular formula is C26H45FO3Si2. The van der Waals surface area contributed by atoms with Gasteiger partial charge >= 0.3 is 0 Å². The van der Waals surface area contributed by atoms with Crippen molar-refractivity contribution in [3.8, 4) is 0 Å². The summed E-state index contributed by atoms with van der Waals surface area (Å²) in [5.41, 5.74) is -1.32. The smallest absolute Gasteiger partial charge is 0.184 e. The monoisotopic (exact) mass is 480 g/mol. The maximum absolute atomic E-state index is 18.0.